The second-order valence-electron chi connectivity index (χ2n) is 6.36. The number of rotatable bonds is 7. The minimum Gasteiger partial charge on any atom is -0.366 e. The molecule has 4 amide bonds. The summed E-state index contributed by atoms with van der Waals surface area (Å²) in [7, 11) is 0. The molecule has 0 bridgehead atoms. The molecule has 0 saturated carbocycles. The molecule has 1 aromatic carbocycles. The van der Waals surface area contributed by atoms with Gasteiger partial charge in [-0.15, -0.1) is 0 Å². The maximum absolute atomic E-state index is 12.8. The smallest absolute Gasteiger partial charge is 0.320 e. The molecule has 0 aliphatic heterocycles. The van der Waals surface area contributed by atoms with Crippen LogP contribution in [-0.4, -0.2) is 34.4 Å². The average molecular weight is 419 g/mol. The van der Waals surface area contributed by atoms with Gasteiger partial charge in [-0.1, -0.05) is 0 Å². The molecule has 3 aromatic rings. The predicted octanol–water partition coefficient (Wildman–Crippen LogP) is 2.71. The van der Waals surface area contributed by atoms with Gasteiger partial charge < -0.3 is 21.7 Å². The summed E-state index contributed by atoms with van der Waals surface area (Å²) in [6, 6.07) is 11.0. The summed E-state index contributed by atoms with van der Waals surface area (Å²) in [6.07, 6.45) is 4.47. The van der Waals surface area contributed by atoms with Crippen LogP contribution in [0.15, 0.2) is 61.1 Å². The number of amides is 4. The van der Waals surface area contributed by atoms with Gasteiger partial charge in [-0.25, -0.2) is 9.78 Å². The first-order chi connectivity index (χ1) is 15.0. The number of hydrogen-bond donors (Lipinski definition) is 5. The first-order valence-corrected chi connectivity index (χ1v) is 9.39. The molecule has 10 heteroatoms. The van der Waals surface area contributed by atoms with Crippen molar-refractivity contribution in [1.29, 1.82) is 0 Å². The lowest BCUT2D eigenvalue weighted by Gasteiger charge is -2.14. The molecule has 0 radical (unpaired) electrons. The van der Waals surface area contributed by atoms with E-state index in [2.05, 4.69) is 31.2 Å². The molecule has 0 saturated heterocycles. The number of nitrogens with zero attached hydrogens (tertiary/aromatic N) is 2. The van der Waals surface area contributed by atoms with Crippen molar-refractivity contribution in [2.45, 2.75) is 6.92 Å². The minimum atomic E-state index is -0.541. The average Bonchev–Trinajstić information content (AvgIpc) is 2.75. The van der Waals surface area contributed by atoms with Crippen LogP contribution in [0.3, 0.4) is 0 Å². The van der Waals surface area contributed by atoms with Crippen LogP contribution in [0.5, 0.6) is 0 Å². The number of anilines is 4. The number of carbonyl (C=O) groups is 3. The highest BCUT2D eigenvalue weighted by molar-refractivity contribution is 6.08. The number of primary amides is 1. The van der Waals surface area contributed by atoms with E-state index in [4.69, 9.17) is 5.73 Å². The van der Waals surface area contributed by atoms with Crippen LogP contribution in [0.4, 0.5) is 27.7 Å². The maximum atomic E-state index is 12.8. The molecule has 0 aliphatic rings. The highest BCUT2D eigenvalue weighted by atomic mass is 16.2. The zero-order valence-corrected chi connectivity index (χ0v) is 16.7. The van der Waals surface area contributed by atoms with Gasteiger partial charge in [0.05, 0.1) is 23.1 Å². The lowest BCUT2D eigenvalue weighted by atomic mass is 10.1. The Morgan fingerprint density at radius 1 is 1.00 bits per heavy atom. The third-order valence-corrected chi connectivity index (χ3v) is 4.10. The van der Waals surface area contributed by atoms with E-state index in [-0.39, 0.29) is 11.4 Å². The van der Waals surface area contributed by atoms with E-state index in [9.17, 15) is 14.4 Å². The summed E-state index contributed by atoms with van der Waals surface area (Å²) >= 11 is 0. The second kappa shape index (κ2) is 9.83. The molecular formula is C21H21N7O3. The number of carbonyl (C=O) groups excluding carboxylic acids is 3. The molecule has 0 aliphatic carbocycles. The summed E-state index contributed by atoms with van der Waals surface area (Å²) in [5, 5.41) is 11.1. The number of hydrogen-bond acceptors (Lipinski definition) is 6. The van der Waals surface area contributed by atoms with Crippen molar-refractivity contribution >= 4 is 40.7 Å². The fourth-order valence-corrected chi connectivity index (χ4v) is 2.64. The molecule has 0 unspecified atom stereocenters. The Labute approximate surface area is 178 Å². The Morgan fingerprint density at radius 2 is 1.77 bits per heavy atom. The topological polar surface area (TPSA) is 151 Å². The number of pyridine rings is 2. The van der Waals surface area contributed by atoms with Crippen LogP contribution >= 0.6 is 0 Å². The second-order valence-corrected chi connectivity index (χ2v) is 6.36. The fraction of sp³-hybridized carbons (Fsp3) is 0.0952. The van der Waals surface area contributed by atoms with Gasteiger partial charge in [0, 0.05) is 36.3 Å². The zero-order chi connectivity index (χ0) is 22.2. The Bertz CT molecular complexity index is 1090. The normalized spacial score (nSPS) is 10.1. The van der Waals surface area contributed by atoms with Gasteiger partial charge in [-0.05, 0) is 43.3 Å². The van der Waals surface area contributed by atoms with Crippen molar-refractivity contribution < 1.29 is 14.4 Å². The summed E-state index contributed by atoms with van der Waals surface area (Å²) in [4.78, 5) is 44.1. The van der Waals surface area contributed by atoms with Crippen LogP contribution < -0.4 is 27.0 Å². The van der Waals surface area contributed by atoms with Gasteiger partial charge in [0.2, 0.25) is 5.91 Å². The molecule has 10 nitrogen and oxygen atoms in total. The zero-order valence-electron chi connectivity index (χ0n) is 16.7. The van der Waals surface area contributed by atoms with Crippen molar-refractivity contribution in [2.75, 3.05) is 22.5 Å². The Kier molecular flexibility index (Phi) is 6.74. The third kappa shape index (κ3) is 5.76. The standard InChI is InChI=1S/C21H21N7O3/c1-2-24-21(31)28-18-10-17(26-14-7-5-13(6-8-14)19(22)29)16(12-25-18)20(30)27-15-4-3-9-23-11-15/h3-12H,2H2,1H3,(H2,22,29)(H,27,30)(H3,24,25,26,28,31). The van der Waals surface area contributed by atoms with Crippen LogP contribution in [0.2, 0.25) is 0 Å². The van der Waals surface area contributed by atoms with Crippen LogP contribution in [-0.2, 0) is 0 Å². The number of aromatic nitrogens is 2. The molecule has 0 fully saturated rings. The quantitative estimate of drug-likeness (QED) is 0.397. The minimum absolute atomic E-state index is 0.240. The highest BCUT2D eigenvalue weighted by Crippen LogP contribution is 2.24. The molecule has 158 valence electrons. The van der Waals surface area contributed by atoms with Gasteiger partial charge >= 0.3 is 6.03 Å². The summed E-state index contributed by atoms with van der Waals surface area (Å²) < 4.78 is 0. The Morgan fingerprint density at radius 3 is 2.42 bits per heavy atom. The van der Waals surface area contributed by atoms with Gasteiger partial charge in [0.1, 0.15) is 5.82 Å². The van der Waals surface area contributed by atoms with E-state index in [0.717, 1.165) is 0 Å². The van der Waals surface area contributed by atoms with Crippen molar-refractivity contribution in [3.05, 3.63) is 72.2 Å². The van der Waals surface area contributed by atoms with Crippen LogP contribution in [0.1, 0.15) is 27.6 Å². The van der Waals surface area contributed by atoms with E-state index in [1.54, 1.807) is 49.5 Å². The maximum Gasteiger partial charge on any atom is 0.320 e. The third-order valence-electron chi connectivity index (χ3n) is 4.10. The largest absolute Gasteiger partial charge is 0.366 e. The van der Waals surface area contributed by atoms with Crippen molar-refractivity contribution in [2.24, 2.45) is 5.73 Å². The number of nitrogens with one attached hydrogen (secondary N) is 4. The summed E-state index contributed by atoms with van der Waals surface area (Å²) in [6.45, 7) is 2.25. The molecule has 31 heavy (non-hydrogen) atoms. The molecule has 6 N–H and O–H groups in total. The number of benzene rings is 1. The number of urea groups is 1. The van der Waals surface area contributed by atoms with Gasteiger partial charge in [0.25, 0.3) is 5.91 Å². The van der Waals surface area contributed by atoms with Crippen LogP contribution in [0.25, 0.3) is 0 Å². The fourth-order valence-electron chi connectivity index (χ4n) is 2.64. The predicted molar refractivity (Wildman–Crippen MR) is 117 cm³/mol. The van der Waals surface area contributed by atoms with E-state index in [1.165, 1.54) is 18.5 Å². The Hall–Kier alpha value is -4.47. The SMILES string of the molecule is CCNC(=O)Nc1cc(Nc2ccc(C(N)=O)cc2)c(C(=O)Nc2cccnc2)cn1. The molecule has 2 aromatic heterocycles. The van der Waals surface area contributed by atoms with Gasteiger partial charge in [0.15, 0.2) is 0 Å². The van der Waals surface area contributed by atoms with Crippen molar-refractivity contribution in [3.63, 3.8) is 0 Å². The molecule has 2 heterocycles. The van der Waals surface area contributed by atoms with E-state index < -0.39 is 17.8 Å². The molecule has 0 atom stereocenters. The first kappa shape index (κ1) is 21.2. The van der Waals surface area contributed by atoms with Crippen molar-refractivity contribution in [1.82, 2.24) is 15.3 Å². The molecule has 3 rings (SSSR count). The Balaban J connectivity index is 1.90. The van der Waals surface area contributed by atoms with Gasteiger partial charge in [-0.3, -0.25) is 19.9 Å². The first-order valence-electron chi connectivity index (χ1n) is 9.39. The van der Waals surface area contributed by atoms with E-state index >= 15 is 0 Å². The lowest BCUT2D eigenvalue weighted by Crippen LogP contribution is -2.28. The molecule has 0 spiro atoms. The van der Waals surface area contributed by atoms with Gasteiger partial charge in [-0.2, -0.15) is 0 Å². The monoisotopic (exact) mass is 419 g/mol. The molecular weight excluding hydrogens is 398 g/mol. The van der Waals surface area contributed by atoms with E-state index in [0.29, 0.717) is 29.2 Å². The summed E-state index contributed by atoms with van der Waals surface area (Å²) in [5.41, 5.74) is 7.39. The highest BCUT2D eigenvalue weighted by Gasteiger charge is 2.15. The lowest BCUT2D eigenvalue weighted by molar-refractivity contribution is 0.0997. The number of nitrogens with two attached hydrogens (primary N) is 1. The summed E-state index contributed by atoms with van der Waals surface area (Å²) in [5.74, 6) is -0.707. The van der Waals surface area contributed by atoms with Crippen molar-refractivity contribution in [3.8, 4) is 0 Å². The van der Waals surface area contributed by atoms with E-state index in [1.807, 2.05) is 0 Å². The van der Waals surface area contributed by atoms with Crippen LogP contribution in [0, 0.1) is 0 Å².